The Bertz CT molecular complexity index is 1790. The molecule has 0 spiro atoms. The van der Waals surface area contributed by atoms with E-state index in [4.69, 9.17) is 34.7 Å². The first kappa shape index (κ1) is 28.1. The molecule has 0 aromatic heterocycles. The Balaban J connectivity index is 1.32. The van der Waals surface area contributed by atoms with Crippen LogP contribution in [-0.4, -0.2) is 29.4 Å². The third kappa shape index (κ3) is 4.23. The number of anilines is 4. The molecule has 13 heteroatoms. The van der Waals surface area contributed by atoms with Gasteiger partial charge in [-0.05, 0) is 80.4 Å². The maximum atomic E-state index is 13.5. The number of fused-ring (bicyclic) bond motifs is 2. The van der Waals surface area contributed by atoms with E-state index in [-0.39, 0.29) is 66.2 Å². The number of nitrogen functional groups attached to an aromatic ring is 2. The van der Waals surface area contributed by atoms with Gasteiger partial charge >= 0.3 is 0 Å². The third-order valence-corrected chi connectivity index (χ3v) is 8.88. The average Bonchev–Trinajstić information content (AvgIpc) is 3.36. The van der Waals surface area contributed by atoms with Gasteiger partial charge in [-0.2, -0.15) is 0 Å². The maximum Gasteiger partial charge on any atom is 0.266 e. The summed E-state index contributed by atoms with van der Waals surface area (Å²) < 4.78 is 0.820. The molecule has 9 nitrogen and oxygen atoms in total. The highest BCUT2D eigenvalue weighted by atomic mass is 79.9. The van der Waals surface area contributed by atoms with Crippen molar-refractivity contribution in [1.82, 2.24) is 0 Å². The lowest BCUT2D eigenvalue weighted by Crippen LogP contribution is -2.29. The Morgan fingerprint density at radius 3 is 1.29 bits per heavy atom. The molecule has 0 radical (unpaired) electrons. The van der Waals surface area contributed by atoms with E-state index in [1.165, 1.54) is 60.7 Å². The van der Waals surface area contributed by atoms with Gasteiger partial charge in [0.15, 0.2) is 5.78 Å². The fourth-order valence-electron chi connectivity index (χ4n) is 4.80. The number of hydrogen-bond donors (Lipinski definition) is 2. The molecule has 4 N–H and O–H groups in total. The molecule has 0 bridgehead atoms. The van der Waals surface area contributed by atoms with Gasteiger partial charge in [0, 0.05) is 20.1 Å². The molecule has 4 amide bonds. The third-order valence-electron chi connectivity index (χ3n) is 6.94. The first-order valence-electron chi connectivity index (χ1n) is 12.0. The zero-order valence-electron chi connectivity index (χ0n) is 20.9. The lowest BCUT2D eigenvalue weighted by molar-refractivity contribution is 0.0910. The van der Waals surface area contributed by atoms with Crippen LogP contribution in [0.15, 0.2) is 69.6 Å². The molecule has 2 aliphatic rings. The van der Waals surface area contributed by atoms with E-state index in [9.17, 15) is 24.0 Å². The zero-order chi connectivity index (χ0) is 30.2. The Morgan fingerprint density at radius 2 is 0.929 bits per heavy atom. The molecular weight excluding hydrogens is 715 g/mol. The number of carbonyl (C=O) groups is 5. The Hall–Kier alpha value is -4.03. The van der Waals surface area contributed by atoms with E-state index < -0.39 is 29.4 Å². The van der Waals surface area contributed by atoms with Crippen LogP contribution in [0.1, 0.15) is 57.4 Å². The predicted molar refractivity (Wildman–Crippen MR) is 166 cm³/mol. The van der Waals surface area contributed by atoms with E-state index in [0.717, 1.165) is 9.80 Å². The molecule has 0 fully saturated rings. The van der Waals surface area contributed by atoms with Crippen molar-refractivity contribution in [2.24, 2.45) is 0 Å². The maximum absolute atomic E-state index is 13.5. The summed E-state index contributed by atoms with van der Waals surface area (Å²) in [6.07, 6.45) is 0. The molecule has 6 rings (SSSR count). The molecule has 208 valence electrons. The summed E-state index contributed by atoms with van der Waals surface area (Å²) in [6.45, 7) is 0. The second-order valence-corrected chi connectivity index (χ2v) is 11.9. The zero-order valence-corrected chi connectivity index (χ0v) is 25.6. The van der Waals surface area contributed by atoms with Gasteiger partial charge in [-0.25, -0.2) is 9.80 Å². The molecule has 0 unspecified atom stereocenters. The second kappa shape index (κ2) is 10.1. The highest BCUT2D eigenvalue weighted by molar-refractivity contribution is 9.11. The first-order valence-corrected chi connectivity index (χ1v) is 14.3. The van der Waals surface area contributed by atoms with Crippen LogP contribution in [0.3, 0.4) is 0 Å². The first-order chi connectivity index (χ1) is 19.9. The number of imide groups is 2. The van der Waals surface area contributed by atoms with Gasteiger partial charge in [-0.15, -0.1) is 0 Å². The average molecular weight is 729 g/mol. The number of benzene rings is 4. The minimum atomic E-state index is -0.643. The quantitative estimate of drug-likeness (QED) is 0.138. The molecule has 42 heavy (non-hydrogen) atoms. The molecular formula is C29H14Br2Cl2N4O5. The topological polar surface area (TPSA) is 144 Å². The van der Waals surface area contributed by atoms with E-state index in [2.05, 4.69) is 31.9 Å². The van der Waals surface area contributed by atoms with Crippen LogP contribution in [-0.2, 0) is 0 Å². The van der Waals surface area contributed by atoms with Crippen LogP contribution in [0.4, 0.5) is 22.7 Å². The highest BCUT2D eigenvalue weighted by Crippen LogP contribution is 2.38. The molecule has 2 aliphatic heterocycles. The fourth-order valence-corrected chi connectivity index (χ4v) is 6.35. The van der Waals surface area contributed by atoms with Gasteiger partial charge in [-0.3, -0.25) is 24.0 Å². The molecule has 4 aromatic carbocycles. The fraction of sp³-hybridized carbons (Fsp3) is 0. The Morgan fingerprint density at radius 1 is 0.571 bits per heavy atom. The number of ketones is 1. The molecule has 0 atom stereocenters. The number of hydrogen-bond acceptors (Lipinski definition) is 7. The summed E-state index contributed by atoms with van der Waals surface area (Å²) in [7, 11) is 0. The largest absolute Gasteiger partial charge is 0.397 e. The predicted octanol–water partition coefficient (Wildman–Crippen LogP) is 6.52. The number of carbonyl (C=O) groups excluding carboxylic acids is 5. The Kier molecular flexibility index (Phi) is 6.73. The Labute approximate surface area is 264 Å². The van der Waals surface area contributed by atoms with E-state index in [0.29, 0.717) is 8.95 Å². The minimum absolute atomic E-state index is 0.0271. The van der Waals surface area contributed by atoms with E-state index in [1.807, 2.05) is 0 Å². The van der Waals surface area contributed by atoms with Crippen LogP contribution in [0.2, 0.25) is 10.0 Å². The summed E-state index contributed by atoms with van der Waals surface area (Å²) in [5, 5.41) is 0.309. The molecule has 0 saturated heterocycles. The van der Waals surface area contributed by atoms with Crippen LogP contribution in [0.5, 0.6) is 0 Å². The highest BCUT2D eigenvalue weighted by Gasteiger charge is 2.39. The lowest BCUT2D eigenvalue weighted by Gasteiger charge is -2.15. The monoisotopic (exact) mass is 726 g/mol. The summed E-state index contributed by atoms with van der Waals surface area (Å²) in [5.74, 6) is -2.97. The van der Waals surface area contributed by atoms with Crippen molar-refractivity contribution in [3.63, 3.8) is 0 Å². The summed E-state index contributed by atoms with van der Waals surface area (Å²) in [6, 6.07) is 14.1. The number of amides is 4. The van der Waals surface area contributed by atoms with Gasteiger partial charge in [0.2, 0.25) is 0 Å². The standard InChI is InChI=1S/C29H14Br2Cl2N4O5/c30-19-7-13(9-21(32)23(19)34)36-26(39)15-3-1-11(5-17(15)28(36)41)25(38)12-2-4-16-18(6-12)29(42)37(27(16)40)14-8-20(31)24(35)22(33)10-14/h1-10H,34-35H2. The van der Waals surface area contributed by atoms with Crippen LogP contribution < -0.4 is 21.3 Å². The van der Waals surface area contributed by atoms with Crippen molar-refractivity contribution < 1.29 is 24.0 Å². The molecule has 0 saturated carbocycles. The van der Waals surface area contributed by atoms with Crippen molar-refractivity contribution >= 4 is 107 Å². The van der Waals surface area contributed by atoms with Crippen molar-refractivity contribution in [1.29, 1.82) is 0 Å². The van der Waals surface area contributed by atoms with Gasteiger partial charge in [0.05, 0.1) is 55.0 Å². The van der Waals surface area contributed by atoms with Crippen molar-refractivity contribution in [2.45, 2.75) is 0 Å². The van der Waals surface area contributed by atoms with Gasteiger partial charge in [-0.1, -0.05) is 35.3 Å². The van der Waals surface area contributed by atoms with Crippen molar-refractivity contribution in [3.05, 3.63) is 113 Å². The normalized spacial score (nSPS) is 14.1. The van der Waals surface area contributed by atoms with Crippen molar-refractivity contribution in [3.8, 4) is 0 Å². The van der Waals surface area contributed by atoms with E-state index in [1.54, 1.807) is 0 Å². The smallest absolute Gasteiger partial charge is 0.266 e. The van der Waals surface area contributed by atoms with Gasteiger partial charge in [0.1, 0.15) is 0 Å². The molecule has 0 aliphatic carbocycles. The second-order valence-electron chi connectivity index (χ2n) is 9.39. The summed E-state index contributed by atoms with van der Waals surface area (Å²) >= 11 is 18.8. The SMILES string of the molecule is Nc1c(Cl)cc(N2C(=O)c3ccc(C(=O)c4ccc5c(c4)C(=O)N(c4cc(Cl)c(N)c(Br)c4)C5=O)cc3C2=O)cc1Br. The van der Waals surface area contributed by atoms with Gasteiger partial charge < -0.3 is 11.5 Å². The van der Waals surface area contributed by atoms with Crippen LogP contribution in [0.25, 0.3) is 0 Å². The minimum Gasteiger partial charge on any atom is -0.397 e. The summed E-state index contributed by atoms with van der Waals surface area (Å²) in [5.41, 5.74) is 13.1. The summed E-state index contributed by atoms with van der Waals surface area (Å²) in [4.78, 5) is 68.2. The van der Waals surface area contributed by atoms with Crippen molar-refractivity contribution in [2.75, 3.05) is 21.3 Å². The number of rotatable bonds is 4. The molecule has 2 heterocycles. The lowest BCUT2D eigenvalue weighted by atomic mass is 9.96. The number of nitrogens with zero attached hydrogens (tertiary/aromatic N) is 2. The molecule has 4 aromatic rings. The van der Waals surface area contributed by atoms with E-state index >= 15 is 0 Å². The van der Waals surface area contributed by atoms with Crippen LogP contribution >= 0.6 is 55.1 Å². The number of nitrogens with two attached hydrogens (primary N) is 2. The van der Waals surface area contributed by atoms with Gasteiger partial charge in [0.25, 0.3) is 23.6 Å². The van der Waals surface area contributed by atoms with Crippen LogP contribution in [0, 0.1) is 0 Å². The number of halogens is 4.